The molecule has 30 heavy (non-hydrogen) atoms. The Labute approximate surface area is 175 Å². The first kappa shape index (κ1) is 21.2. The molecule has 0 unspecified atom stereocenters. The summed E-state index contributed by atoms with van der Waals surface area (Å²) in [7, 11) is 0. The molecule has 0 radical (unpaired) electrons. The van der Waals surface area contributed by atoms with Crippen LogP contribution in [0.2, 0.25) is 0 Å². The summed E-state index contributed by atoms with van der Waals surface area (Å²) in [6.45, 7) is 7.03. The van der Waals surface area contributed by atoms with Crippen LogP contribution in [0, 0.1) is 11.3 Å². The average molecular weight is 425 g/mol. The first-order valence-corrected chi connectivity index (χ1v) is 10.9. The van der Waals surface area contributed by atoms with Crippen LogP contribution in [-0.2, 0) is 4.79 Å². The zero-order valence-electron chi connectivity index (χ0n) is 17.9. The molecule has 4 atom stereocenters. The number of amides is 1. The molecule has 2 aliphatic heterocycles. The number of rotatable bonds is 2. The first-order chi connectivity index (χ1) is 14.0. The second-order valence-electron chi connectivity index (χ2n) is 10.0. The van der Waals surface area contributed by atoms with E-state index in [1.54, 1.807) is 6.07 Å². The van der Waals surface area contributed by atoms with E-state index in [9.17, 15) is 18.0 Å². The fourth-order valence-corrected chi connectivity index (χ4v) is 4.84. The van der Waals surface area contributed by atoms with E-state index >= 15 is 0 Å². The van der Waals surface area contributed by atoms with Crippen molar-refractivity contribution in [2.24, 2.45) is 11.3 Å². The summed E-state index contributed by atoms with van der Waals surface area (Å²) in [5.41, 5.74) is 0.352. The summed E-state index contributed by atoms with van der Waals surface area (Å²) in [5, 5.41) is 7.67. The lowest BCUT2D eigenvalue weighted by molar-refractivity contribution is -0.175. The zero-order chi connectivity index (χ0) is 21.7. The van der Waals surface area contributed by atoms with Crippen molar-refractivity contribution in [2.75, 3.05) is 18.4 Å². The molecule has 1 saturated heterocycles. The number of allylic oxidation sites excluding steroid dienone is 2. The van der Waals surface area contributed by atoms with Gasteiger partial charge in [-0.05, 0) is 37.5 Å². The lowest BCUT2D eigenvalue weighted by atomic mass is 9.82. The highest BCUT2D eigenvalue weighted by molar-refractivity contribution is 5.79. The number of halogens is 3. The van der Waals surface area contributed by atoms with Gasteiger partial charge in [-0.25, -0.2) is 4.68 Å². The molecule has 0 aromatic carbocycles. The molecule has 1 fully saturated rings. The van der Waals surface area contributed by atoms with Crippen molar-refractivity contribution in [2.45, 2.75) is 77.1 Å². The van der Waals surface area contributed by atoms with Gasteiger partial charge in [0, 0.05) is 37.0 Å². The minimum absolute atomic E-state index is 0.0186. The van der Waals surface area contributed by atoms with Gasteiger partial charge in [0.25, 0.3) is 0 Å². The fraction of sp³-hybridized carbons (Fsp3) is 0.727. The Morgan fingerprint density at radius 2 is 1.97 bits per heavy atom. The topological polar surface area (TPSA) is 50.2 Å². The highest BCUT2D eigenvalue weighted by atomic mass is 19.4. The van der Waals surface area contributed by atoms with Gasteiger partial charge in [-0.1, -0.05) is 32.9 Å². The summed E-state index contributed by atoms with van der Waals surface area (Å²) in [5.74, 6) is 0.619. The van der Waals surface area contributed by atoms with Gasteiger partial charge in [0.1, 0.15) is 5.82 Å². The number of alkyl halides is 3. The number of likely N-dealkylation sites (tertiary alicyclic amines) is 1. The molecule has 3 aliphatic rings. The van der Waals surface area contributed by atoms with E-state index in [1.807, 2.05) is 25.7 Å². The quantitative estimate of drug-likeness (QED) is 0.688. The lowest BCUT2D eigenvalue weighted by Gasteiger charge is -2.39. The molecule has 1 aliphatic carbocycles. The highest BCUT2D eigenvalue weighted by Gasteiger charge is 2.48. The Morgan fingerprint density at radius 3 is 2.60 bits per heavy atom. The van der Waals surface area contributed by atoms with Crippen molar-refractivity contribution in [1.29, 1.82) is 0 Å². The Balaban J connectivity index is 1.52. The molecule has 1 N–H and O–H groups in total. The van der Waals surface area contributed by atoms with E-state index in [0.717, 1.165) is 30.4 Å². The van der Waals surface area contributed by atoms with Crippen LogP contribution in [-0.4, -0.2) is 45.9 Å². The molecule has 0 spiro atoms. The standard InChI is InChI=1S/C22H31F3N4O/c1-21(2,3)17-12-18(22(23,24)25)29-19(26-17)11-16(27-29)15-9-10-28(13-15)20(30)14-7-5-4-6-8-14/h4-5,11,14-15,17-18,26H,6-10,12-13H2,1-3H3/t14-,15+,17+,18-/m0/s1. The number of fused-ring (bicyclic) bond motifs is 1. The number of aromatic nitrogens is 2. The molecule has 3 heterocycles. The summed E-state index contributed by atoms with van der Waals surface area (Å²) < 4.78 is 42.5. The Hall–Kier alpha value is -1.99. The van der Waals surface area contributed by atoms with Crippen molar-refractivity contribution in [3.63, 3.8) is 0 Å². The van der Waals surface area contributed by atoms with Gasteiger partial charge in [0.05, 0.1) is 5.69 Å². The number of hydrogen-bond donors (Lipinski definition) is 1. The number of anilines is 1. The van der Waals surface area contributed by atoms with E-state index < -0.39 is 12.2 Å². The van der Waals surface area contributed by atoms with Crippen LogP contribution in [0.4, 0.5) is 19.0 Å². The van der Waals surface area contributed by atoms with Gasteiger partial charge in [-0.15, -0.1) is 0 Å². The molecular weight excluding hydrogens is 393 g/mol. The first-order valence-electron chi connectivity index (χ1n) is 10.9. The van der Waals surface area contributed by atoms with E-state index in [0.29, 0.717) is 24.6 Å². The van der Waals surface area contributed by atoms with Crippen LogP contribution < -0.4 is 5.32 Å². The van der Waals surface area contributed by atoms with Crippen LogP contribution in [0.15, 0.2) is 18.2 Å². The van der Waals surface area contributed by atoms with Crippen LogP contribution in [0.3, 0.4) is 0 Å². The van der Waals surface area contributed by atoms with E-state index in [1.165, 1.54) is 0 Å². The van der Waals surface area contributed by atoms with Crippen molar-refractivity contribution in [3.8, 4) is 0 Å². The second-order valence-corrected chi connectivity index (χ2v) is 10.0. The van der Waals surface area contributed by atoms with Gasteiger partial charge in [-0.3, -0.25) is 4.79 Å². The normalized spacial score (nSPS) is 29.6. The number of carbonyl (C=O) groups excluding carboxylic acids is 1. The third-order valence-corrected chi connectivity index (χ3v) is 6.79. The van der Waals surface area contributed by atoms with Crippen molar-refractivity contribution < 1.29 is 18.0 Å². The maximum absolute atomic E-state index is 13.8. The van der Waals surface area contributed by atoms with Gasteiger partial charge in [0.2, 0.25) is 5.91 Å². The molecule has 0 bridgehead atoms. The summed E-state index contributed by atoms with van der Waals surface area (Å²) in [4.78, 5) is 14.7. The van der Waals surface area contributed by atoms with Gasteiger partial charge in [-0.2, -0.15) is 18.3 Å². The number of nitrogens with one attached hydrogen (secondary N) is 1. The van der Waals surface area contributed by atoms with Crippen LogP contribution in [0.1, 0.15) is 70.5 Å². The SMILES string of the molecule is CC(C)(C)[C@H]1C[C@@H](C(F)(F)F)n2nc([C@@H]3CCN(C(=O)[C@H]4CC=CCC4)C3)cc2N1. The Morgan fingerprint density at radius 1 is 1.20 bits per heavy atom. The van der Waals surface area contributed by atoms with Crippen molar-refractivity contribution in [3.05, 3.63) is 23.9 Å². The minimum Gasteiger partial charge on any atom is -0.367 e. The Bertz CT molecular complexity index is 823. The maximum atomic E-state index is 13.8. The average Bonchev–Trinajstić information content (AvgIpc) is 3.32. The molecule has 4 rings (SSSR count). The molecule has 1 aromatic heterocycles. The molecule has 5 nitrogen and oxygen atoms in total. The minimum atomic E-state index is -4.35. The van der Waals surface area contributed by atoms with E-state index in [4.69, 9.17) is 0 Å². The largest absolute Gasteiger partial charge is 0.410 e. The molecular formula is C22H31F3N4O. The zero-order valence-corrected chi connectivity index (χ0v) is 17.9. The van der Waals surface area contributed by atoms with E-state index in [-0.39, 0.29) is 35.6 Å². The monoisotopic (exact) mass is 424 g/mol. The van der Waals surface area contributed by atoms with Crippen molar-refractivity contribution >= 4 is 11.7 Å². The maximum Gasteiger partial charge on any atom is 0.410 e. The molecule has 1 aromatic rings. The van der Waals surface area contributed by atoms with Crippen molar-refractivity contribution in [1.82, 2.24) is 14.7 Å². The summed E-state index contributed by atoms with van der Waals surface area (Å²) in [6, 6.07) is -0.152. The van der Waals surface area contributed by atoms with Gasteiger partial charge >= 0.3 is 6.18 Å². The van der Waals surface area contributed by atoms with Crippen LogP contribution in [0.25, 0.3) is 0 Å². The summed E-state index contributed by atoms with van der Waals surface area (Å²) in [6.07, 6.45) is 3.12. The van der Waals surface area contributed by atoms with E-state index in [2.05, 4.69) is 22.6 Å². The predicted octanol–water partition coefficient (Wildman–Crippen LogP) is 4.89. The summed E-state index contributed by atoms with van der Waals surface area (Å²) >= 11 is 0. The lowest BCUT2D eigenvalue weighted by Crippen LogP contribution is -2.44. The van der Waals surface area contributed by atoms with Gasteiger partial charge < -0.3 is 10.2 Å². The number of carbonyl (C=O) groups is 1. The number of nitrogens with zero attached hydrogens (tertiary/aromatic N) is 3. The third-order valence-electron chi connectivity index (χ3n) is 6.79. The highest BCUT2D eigenvalue weighted by Crippen LogP contribution is 2.44. The molecule has 166 valence electrons. The molecule has 1 amide bonds. The van der Waals surface area contributed by atoms with Gasteiger partial charge in [0.15, 0.2) is 6.04 Å². The molecule has 0 saturated carbocycles. The number of hydrogen-bond acceptors (Lipinski definition) is 3. The Kier molecular flexibility index (Phi) is 5.39. The fourth-order valence-electron chi connectivity index (χ4n) is 4.84. The third kappa shape index (κ3) is 4.10. The van der Waals surface area contributed by atoms with Crippen LogP contribution in [0.5, 0.6) is 0 Å². The second kappa shape index (κ2) is 7.61. The predicted molar refractivity (Wildman–Crippen MR) is 109 cm³/mol. The molecule has 8 heteroatoms. The smallest absolute Gasteiger partial charge is 0.367 e. The van der Waals surface area contributed by atoms with Crippen LogP contribution >= 0.6 is 0 Å².